The van der Waals surface area contributed by atoms with E-state index in [1.54, 1.807) is 10.9 Å². The molecule has 1 saturated carbocycles. The summed E-state index contributed by atoms with van der Waals surface area (Å²) in [5.41, 5.74) is 5.77. The van der Waals surface area contributed by atoms with E-state index in [9.17, 15) is 15.3 Å². The lowest BCUT2D eigenvalue weighted by Gasteiger charge is -2.48. The van der Waals surface area contributed by atoms with Crippen LogP contribution >= 0.6 is 0 Å². The molecule has 1 aliphatic carbocycles. The standard InChI is InChI=1S/C15H21N5O4/c16-13-10-14(18-6-17-13)20(7-19-10)11-8(4-21)5-24-15(12(11)23)3-1-2-9(15)22/h6-9,11-12,21-23H,1-5H2,(H2,16,17,18)/t8-,9-,11-,12+,15-/m1/s1. The first kappa shape index (κ1) is 15.7. The van der Waals surface area contributed by atoms with Crippen LogP contribution in [0, 0.1) is 5.92 Å². The van der Waals surface area contributed by atoms with Crippen LogP contribution in [0.3, 0.4) is 0 Å². The molecule has 9 nitrogen and oxygen atoms in total. The van der Waals surface area contributed by atoms with Crippen molar-refractivity contribution in [1.82, 2.24) is 19.5 Å². The van der Waals surface area contributed by atoms with Gasteiger partial charge < -0.3 is 30.4 Å². The highest BCUT2D eigenvalue weighted by Gasteiger charge is 2.56. The van der Waals surface area contributed by atoms with E-state index in [2.05, 4.69) is 15.0 Å². The molecule has 3 heterocycles. The number of imidazole rings is 1. The molecule has 0 amide bonds. The van der Waals surface area contributed by atoms with E-state index in [1.165, 1.54) is 6.33 Å². The molecule has 0 unspecified atom stereocenters. The van der Waals surface area contributed by atoms with Gasteiger partial charge in [0.2, 0.25) is 0 Å². The van der Waals surface area contributed by atoms with Gasteiger partial charge in [-0.3, -0.25) is 0 Å². The summed E-state index contributed by atoms with van der Waals surface area (Å²) in [5, 5.41) is 31.2. The average molecular weight is 335 g/mol. The predicted octanol–water partition coefficient (Wildman–Crippen LogP) is -0.767. The predicted molar refractivity (Wildman–Crippen MR) is 83.9 cm³/mol. The van der Waals surface area contributed by atoms with E-state index in [4.69, 9.17) is 10.5 Å². The number of nitrogen functional groups attached to an aromatic ring is 1. The normalized spacial score (nSPS) is 36.6. The van der Waals surface area contributed by atoms with Gasteiger partial charge in [0.15, 0.2) is 11.5 Å². The Labute approximate surface area is 138 Å². The van der Waals surface area contributed by atoms with Crippen LogP contribution in [0.1, 0.15) is 25.3 Å². The summed E-state index contributed by atoms with van der Waals surface area (Å²) in [6.45, 7) is 0.0870. The summed E-state index contributed by atoms with van der Waals surface area (Å²) >= 11 is 0. The number of fused-ring (bicyclic) bond motifs is 1. The molecule has 130 valence electrons. The number of anilines is 1. The summed E-state index contributed by atoms with van der Waals surface area (Å²) < 4.78 is 7.58. The zero-order valence-electron chi connectivity index (χ0n) is 13.1. The molecule has 0 bridgehead atoms. The Morgan fingerprint density at radius 3 is 2.88 bits per heavy atom. The summed E-state index contributed by atoms with van der Waals surface area (Å²) in [5.74, 6) is -0.0801. The van der Waals surface area contributed by atoms with E-state index >= 15 is 0 Å². The number of aliphatic hydroxyl groups excluding tert-OH is 3. The molecule has 5 N–H and O–H groups in total. The molecule has 2 aliphatic rings. The molecule has 9 heteroatoms. The third-order valence-electron chi connectivity index (χ3n) is 5.43. The summed E-state index contributed by atoms with van der Waals surface area (Å²) in [7, 11) is 0. The number of rotatable bonds is 2. The Bertz CT molecular complexity index is 753. The Kier molecular flexibility index (Phi) is 3.68. The first-order valence-electron chi connectivity index (χ1n) is 8.12. The van der Waals surface area contributed by atoms with Crippen LogP contribution < -0.4 is 5.73 Å². The lowest BCUT2D eigenvalue weighted by Crippen LogP contribution is -2.60. The van der Waals surface area contributed by atoms with Crippen molar-refractivity contribution in [3.05, 3.63) is 12.7 Å². The Hall–Kier alpha value is -1.81. The minimum Gasteiger partial charge on any atom is -0.396 e. The maximum atomic E-state index is 11.1. The molecular formula is C15H21N5O4. The van der Waals surface area contributed by atoms with Gasteiger partial charge in [0.25, 0.3) is 0 Å². The minimum atomic E-state index is -1.01. The van der Waals surface area contributed by atoms with Crippen molar-refractivity contribution in [3.8, 4) is 0 Å². The number of ether oxygens (including phenoxy) is 1. The number of nitrogens with zero attached hydrogens (tertiary/aromatic N) is 4. The number of aromatic nitrogens is 4. The van der Waals surface area contributed by atoms with Gasteiger partial charge in [0.05, 0.1) is 31.7 Å². The highest BCUT2D eigenvalue weighted by atomic mass is 16.5. The highest BCUT2D eigenvalue weighted by molar-refractivity contribution is 5.81. The lowest BCUT2D eigenvalue weighted by atomic mass is 9.79. The molecule has 4 rings (SSSR count). The molecule has 2 aromatic heterocycles. The van der Waals surface area contributed by atoms with Crippen LogP contribution in [0.5, 0.6) is 0 Å². The van der Waals surface area contributed by atoms with Crippen molar-refractivity contribution in [2.24, 2.45) is 5.92 Å². The molecular weight excluding hydrogens is 314 g/mol. The van der Waals surface area contributed by atoms with Gasteiger partial charge in [-0.05, 0) is 19.3 Å². The second-order valence-electron chi connectivity index (χ2n) is 6.64. The lowest BCUT2D eigenvalue weighted by molar-refractivity contribution is -0.228. The number of aliphatic hydroxyl groups is 3. The summed E-state index contributed by atoms with van der Waals surface area (Å²) in [4.78, 5) is 12.4. The molecule has 0 aromatic carbocycles. The van der Waals surface area contributed by atoms with Crippen LogP contribution in [0.25, 0.3) is 11.2 Å². The molecule has 2 fully saturated rings. The van der Waals surface area contributed by atoms with Crippen molar-refractivity contribution in [2.45, 2.75) is 43.1 Å². The Balaban J connectivity index is 1.81. The third-order valence-corrected chi connectivity index (χ3v) is 5.43. The fourth-order valence-corrected chi connectivity index (χ4v) is 4.12. The molecule has 1 saturated heterocycles. The zero-order valence-corrected chi connectivity index (χ0v) is 13.1. The quantitative estimate of drug-likeness (QED) is 0.561. The monoisotopic (exact) mass is 335 g/mol. The van der Waals surface area contributed by atoms with Crippen LogP contribution in [0.2, 0.25) is 0 Å². The van der Waals surface area contributed by atoms with Gasteiger partial charge in [0.1, 0.15) is 23.5 Å². The number of nitrogens with two attached hydrogens (primary N) is 1. The number of hydrogen-bond acceptors (Lipinski definition) is 8. The van der Waals surface area contributed by atoms with E-state index in [0.29, 0.717) is 24.0 Å². The molecule has 24 heavy (non-hydrogen) atoms. The maximum absolute atomic E-state index is 11.1. The van der Waals surface area contributed by atoms with E-state index in [-0.39, 0.29) is 24.9 Å². The van der Waals surface area contributed by atoms with Gasteiger partial charge in [0, 0.05) is 5.92 Å². The van der Waals surface area contributed by atoms with Crippen LogP contribution in [-0.4, -0.2) is 65.9 Å². The highest BCUT2D eigenvalue weighted by Crippen LogP contribution is 2.46. The van der Waals surface area contributed by atoms with Gasteiger partial charge in [-0.15, -0.1) is 0 Å². The maximum Gasteiger partial charge on any atom is 0.165 e. The second-order valence-corrected chi connectivity index (χ2v) is 6.64. The molecule has 0 radical (unpaired) electrons. The summed E-state index contributed by atoms with van der Waals surface area (Å²) in [6, 6.07) is -0.518. The first-order chi connectivity index (χ1) is 11.6. The SMILES string of the molecule is Nc1ncnc2c1ncn2[C@@H]1[C@H](CO)CO[C@@]2(CCC[C@H]2O)[C@H]1O. The molecule has 1 spiro atoms. The van der Waals surface area contributed by atoms with Crippen molar-refractivity contribution in [3.63, 3.8) is 0 Å². The van der Waals surface area contributed by atoms with Gasteiger partial charge >= 0.3 is 0 Å². The fourth-order valence-electron chi connectivity index (χ4n) is 4.12. The fraction of sp³-hybridized carbons (Fsp3) is 0.667. The van der Waals surface area contributed by atoms with Crippen LogP contribution in [0.15, 0.2) is 12.7 Å². The first-order valence-corrected chi connectivity index (χ1v) is 8.12. The molecule has 5 atom stereocenters. The van der Waals surface area contributed by atoms with E-state index in [1.807, 2.05) is 0 Å². The molecule has 2 aromatic rings. The third kappa shape index (κ3) is 2.05. The summed E-state index contributed by atoms with van der Waals surface area (Å²) in [6.07, 6.45) is 3.12. The van der Waals surface area contributed by atoms with Gasteiger partial charge in [-0.25, -0.2) is 15.0 Å². The van der Waals surface area contributed by atoms with Crippen molar-refractivity contribution in [1.29, 1.82) is 0 Å². The van der Waals surface area contributed by atoms with Gasteiger partial charge in [-0.2, -0.15) is 0 Å². The zero-order chi connectivity index (χ0) is 16.9. The van der Waals surface area contributed by atoms with Crippen LogP contribution in [0.4, 0.5) is 5.82 Å². The van der Waals surface area contributed by atoms with Crippen molar-refractivity contribution >= 4 is 17.0 Å². The van der Waals surface area contributed by atoms with Crippen LogP contribution in [-0.2, 0) is 4.74 Å². The van der Waals surface area contributed by atoms with E-state index in [0.717, 1.165) is 6.42 Å². The topological polar surface area (TPSA) is 140 Å². The van der Waals surface area contributed by atoms with Crippen molar-refractivity contribution in [2.75, 3.05) is 18.9 Å². The molecule has 1 aliphatic heterocycles. The second kappa shape index (κ2) is 5.62. The van der Waals surface area contributed by atoms with Crippen molar-refractivity contribution < 1.29 is 20.1 Å². The minimum absolute atomic E-state index is 0.159. The smallest absolute Gasteiger partial charge is 0.165 e. The van der Waals surface area contributed by atoms with Gasteiger partial charge in [-0.1, -0.05) is 0 Å². The number of hydrogen-bond donors (Lipinski definition) is 4. The van der Waals surface area contributed by atoms with E-state index < -0.39 is 23.9 Å². The Morgan fingerprint density at radius 2 is 2.17 bits per heavy atom. The largest absolute Gasteiger partial charge is 0.396 e. The Morgan fingerprint density at radius 1 is 1.33 bits per heavy atom. The average Bonchev–Trinajstić information content (AvgIpc) is 3.16.